The van der Waals surface area contributed by atoms with Crippen LogP contribution in [0.15, 0.2) is 41.6 Å². The second-order valence-corrected chi connectivity index (χ2v) is 5.62. The lowest BCUT2D eigenvalue weighted by Gasteiger charge is -2.12. The summed E-state index contributed by atoms with van der Waals surface area (Å²) in [6, 6.07) is 5.03. The molecule has 0 radical (unpaired) electrons. The van der Waals surface area contributed by atoms with Crippen molar-refractivity contribution in [2.75, 3.05) is 17.3 Å². The number of aromatic nitrogens is 1. The lowest BCUT2D eigenvalue weighted by molar-refractivity contribution is 0.387. The third-order valence-corrected chi connectivity index (χ3v) is 4.04. The van der Waals surface area contributed by atoms with Gasteiger partial charge < -0.3 is 10.2 Å². The molecule has 1 aromatic carbocycles. The highest BCUT2D eigenvalue weighted by Gasteiger charge is 2.19. The molecule has 0 aliphatic carbocycles. The van der Waals surface area contributed by atoms with Crippen LogP contribution in [0.2, 0.25) is 0 Å². The van der Waals surface area contributed by atoms with Crippen molar-refractivity contribution >= 4 is 21.4 Å². The lowest BCUT2D eigenvalue weighted by atomic mass is 10.3. The first-order valence-electron chi connectivity index (χ1n) is 5.75. The monoisotopic (exact) mass is 312 g/mol. The zero-order valence-corrected chi connectivity index (χ0v) is 11.8. The van der Waals surface area contributed by atoms with Gasteiger partial charge in [0, 0.05) is 18.5 Å². The average Bonchev–Trinajstić information content (AvgIpc) is 2.49. The topological polar surface area (TPSA) is 106 Å². The molecule has 0 bridgehead atoms. The van der Waals surface area contributed by atoms with E-state index in [0.717, 1.165) is 12.3 Å². The van der Waals surface area contributed by atoms with Crippen molar-refractivity contribution in [2.24, 2.45) is 5.84 Å². The smallest absolute Gasteiger partial charge is 0.265 e. The van der Waals surface area contributed by atoms with E-state index >= 15 is 0 Å². The largest absolute Gasteiger partial charge is 0.494 e. The number of hydrazine groups is 1. The number of ether oxygens (including phenoxy) is 1. The Balaban J connectivity index is 2.37. The van der Waals surface area contributed by atoms with Crippen molar-refractivity contribution in [3.63, 3.8) is 0 Å². The van der Waals surface area contributed by atoms with Crippen molar-refractivity contribution in [1.29, 1.82) is 0 Å². The number of nitrogens with two attached hydrogens (primary N) is 1. The Bertz CT molecular complexity index is 752. The molecular formula is C12H13FN4O3S. The number of halogens is 1. The summed E-state index contributed by atoms with van der Waals surface area (Å²) in [5.41, 5.74) is 2.61. The lowest BCUT2D eigenvalue weighted by Crippen LogP contribution is -2.17. The number of pyridine rings is 1. The fourth-order valence-corrected chi connectivity index (χ4v) is 2.81. The van der Waals surface area contributed by atoms with Gasteiger partial charge in [-0.1, -0.05) is 0 Å². The quantitative estimate of drug-likeness (QED) is 0.568. The molecule has 7 nitrogen and oxygen atoms in total. The first-order chi connectivity index (χ1) is 9.97. The van der Waals surface area contributed by atoms with Gasteiger partial charge in [-0.2, -0.15) is 0 Å². The van der Waals surface area contributed by atoms with Crippen LogP contribution in [0.5, 0.6) is 5.75 Å². The summed E-state index contributed by atoms with van der Waals surface area (Å²) in [6.07, 6.45) is 2.55. The minimum atomic E-state index is -3.93. The van der Waals surface area contributed by atoms with E-state index < -0.39 is 15.8 Å². The van der Waals surface area contributed by atoms with Gasteiger partial charge >= 0.3 is 0 Å². The van der Waals surface area contributed by atoms with Gasteiger partial charge in [-0.3, -0.25) is 15.5 Å². The van der Waals surface area contributed by atoms with Crippen LogP contribution in [0, 0.1) is 5.82 Å². The number of anilines is 2. The number of nitrogens with one attached hydrogen (secondary N) is 2. The molecule has 2 aromatic rings. The van der Waals surface area contributed by atoms with Gasteiger partial charge in [0.15, 0.2) is 11.6 Å². The van der Waals surface area contributed by atoms with Crippen LogP contribution in [0.25, 0.3) is 0 Å². The molecule has 0 fully saturated rings. The van der Waals surface area contributed by atoms with Gasteiger partial charge in [0.05, 0.1) is 18.5 Å². The summed E-state index contributed by atoms with van der Waals surface area (Å²) in [7, 11) is -2.64. The van der Waals surface area contributed by atoms with Gasteiger partial charge in [-0.05, 0) is 18.2 Å². The Hall–Kier alpha value is -2.39. The molecule has 9 heteroatoms. The number of hydrogen-bond acceptors (Lipinski definition) is 6. The van der Waals surface area contributed by atoms with E-state index in [-0.39, 0.29) is 22.0 Å². The van der Waals surface area contributed by atoms with Crippen LogP contribution in [0.4, 0.5) is 15.8 Å². The average molecular weight is 312 g/mol. The second kappa shape index (κ2) is 5.94. The fraction of sp³-hybridized carbons (Fsp3) is 0.0833. The predicted molar refractivity (Wildman–Crippen MR) is 75.8 cm³/mol. The maximum Gasteiger partial charge on any atom is 0.265 e. The van der Waals surface area contributed by atoms with E-state index in [0.29, 0.717) is 0 Å². The summed E-state index contributed by atoms with van der Waals surface area (Å²) >= 11 is 0. The summed E-state index contributed by atoms with van der Waals surface area (Å²) in [4.78, 5) is 3.62. The van der Waals surface area contributed by atoms with Crippen LogP contribution in [-0.2, 0) is 10.0 Å². The molecule has 0 unspecified atom stereocenters. The van der Waals surface area contributed by atoms with Crippen LogP contribution in [0.1, 0.15) is 0 Å². The first kappa shape index (κ1) is 15.0. The molecule has 0 saturated heterocycles. The molecule has 0 aliphatic rings. The van der Waals surface area contributed by atoms with Crippen molar-refractivity contribution < 1.29 is 17.5 Å². The standard InChI is InChI=1S/C12H13FN4O3S/c1-20-11-6-8(2-3-9(11)13)17-21(18,19)12-7-15-5-4-10(12)16-14/h2-7,17H,14H2,1H3,(H,15,16). The number of methoxy groups -OCH3 is 1. The Morgan fingerprint density at radius 2 is 2.10 bits per heavy atom. The van der Waals surface area contributed by atoms with Crippen molar-refractivity contribution in [3.8, 4) is 5.75 Å². The van der Waals surface area contributed by atoms with E-state index in [2.05, 4.69) is 15.1 Å². The molecule has 112 valence electrons. The fourth-order valence-electron chi connectivity index (χ4n) is 1.65. The number of benzene rings is 1. The van der Waals surface area contributed by atoms with Gasteiger partial charge in [-0.25, -0.2) is 12.8 Å². The Morgan fingerprint density at radius 3 is 2.76 bits per heavy atom. The van der Waals surface area contributed by atoms with Crippen LogP contribution < -0.4 is 20.7 Å². The Kier molecular flexibility index (Phi) is 4.24. The van der Waals surface area contributed by atoms with E-state index in [1.165, 1.54) is 31.5 Å². The van der Waals surface area contributed by atoms with Gasteiger partial charge in [-0.15, -0.1) is 0 Å². The number of nitrogen functional groups attached to an aromatic ring is 1. The Labute approximate surface area is 121 Å². The summed E-state index contributed by atoms with van der Waals surface area (Å²) in [5, 5.41) is 0. The normalized spacial score (nSPS) is 11.0. The maximum atomic E-state index is 13.3. The van der Waals surface area contributed by atoms with Crippen LogP contribution in [-0.4, -0.2) is 20.5 Å². The number of sulfonamides is 1. The Morgan fingerprint density at radius 1 is 1.33 bits per heavy atom. The molecule has 1 aromatic heterocycles. The predicted octanol–water partition coefficient (Wildman–Crippen LogP) is 1.32. The second-order valence-electron chi connectivity index (χ2n) is 3.97. The molecule has 1 heterocycles. The van der Waals surface area contributed by atoms with E-state index in [9.17, 15) is 12.8 Å². The number of rotatable bonds is 5. The number of hydrogen-bond donors (Lipinski definition) is 3. The van der Waals surface area contributed by atoms with Gasteiger partial charge in [0.25, 0.3) is 10.0 Å². The summed E-state index contributed by atoms with van der Waals surface area (Å²) in [5.74, 6) is 4.60. The third-order valence-electron chi connectivity index (χ3n) is 2.63. The summed E-state index contributed by atoms with van der Waals surface area (Å²) < 4.78 is 45.0. The minimum Gasteiger partial charge on any atom is -0.494 e. The van der Waals surface area contributed by atoms with Crippen molar-refractivity contribution in [3.05, 3.63) is 42.5 Å². The number of nitrogens with zero attached hydrogens (tertiary/aromatic N) is 1. The third kappa shape index (κ3) is 3.20. The van der Waals surface area contributed by atoms with E-state index in [4.69, 9.17) is 10.6 Å². The SMILES string of the molecule is COc1cc(NS(=O)(=O)c2cnccc2NN)ccc1F. The molecule has 4 N–H and O–H groups in total. The molecule has 0 amide bonds. The van der Waals surface area contributed by atoms with E-state index in [1.54, 1.807) is 0 Å². The van der Waals surface area contributed by atoms with Crippen LogP contribution in [0.3, 0.4) is 0 Å². The molecule has 0 saturated carbocycles. The minimum absolute atomic E-state index is 0.0708. The van der Waals surface area contributed by atoms with Crippen molar-refractivity contribution in [2.45, 2.75) is 4.90 Å². The van der Waals surface area contributed by atoms with Gasteiger partial charge in [0.2, 0.25) is 0 Å². The zero-order valence-electron chi connectivity index (χ0n) is 11.0. The highest BCUT2D eigenvalue weighted by molar-refractivity contribution is 7.92. The molecule has 0 spiro atoms. The highest BCUT2D eigenvalue weighted by Crippen LogP contribution is 2.25. The molecule has 0 aliphatic heterocycles. The van der Waals surface area contributed by atoms with Crippen molar-refractivity contribution in [1.82, 2.24) is 4.98 Å². The molecule has 21 heavy (non-hydrogen) atoms. The van der Waals surface area contributed by atoms with E-state index in [1.807, 2.05) is 0 Å². The zero-order chi connectivity index (χ0) is 15.5. The molecule has 0 atom stereocenters. The summed E-state index contributed by atoms with van der Waals surface area (Å²) in [6.45, 7) is 0. The highest BCUT2D eigenvalue weighted by atomic mass is 32.2. The first-order valence-corrected chi connectivity index (χ1v) is 7.23. The maximum absolute atomic E-state index is 13.3. The molecule has 2 rings (SSSR count). The van der Waals surface area contributed by atoms with Gasteiger partial charge in [0.1, 0.15) is 4.90 Å². The molecular weight excluding hydrogens is 299 g/mol. The van der Waals surface area contributed by atoms with Crippen LogP contribution >= 0.6 is 0 Å².